The van der Waals surface area contributed by atoms with Gasteiger partial charge in [0.1, 0.15) is 12.7 Å². The molecule has 0 atom stereocenters. The monoisotopic (exact) mass is 415 g/mol. The Morgan fingerprint density at radius 2 is 1.86 bits per heavy atom. The number of aromatic nitrogens is 3. The minimum Gasteiger partial charge on any atom is -0.343 e. The van der Waals surface area contributed by atoms with Crippen molar-refractivity contribution in [3.05, 3.63) is 76.8 Å². The number of carbonyl (C=O) groups excluding carboxylic acids is 2. The van der Waals surface area contributed by atoms with E-state index in [-0.39, 0.29) is 12.5 Å². The molecule has 142 valence electrons. The zero-order valence-corrected chi connectivity index (χ0v) is 16.0. The molecule has 2 amide bonds. The summed E-state index contributed by atoms with van der Waals surface area (Å²) in [6, 6.07) is 12.1. The maximum absolute atomic E-state index is 12.0. The van der Waals surface area contributed by atoms with E-state index in [0.717, 1.165) is 11.3 Å². The van der Waals surface area contributed by atoms with Crippen LogP contribution in [0.3, 0.4) is 0 Å². The lowest BCUT2D eigenvalue weighted by atomic mass is 10.2. The van der Waals surface area contributed by atoms with Gasteiger partial charge in [0, 0.05) is 11.8 Å². The van der Waals surface area contributed by atoms with Crippen LogP contribution < -0.4 is 10.6 Å². The molecule has 0 aliphatic heterocycles. The maximum Gasteiger partial charge on any atom is 0.244 e. The van der Waals surface area contributed by atoms with E-state index in [2.05, 4.69) is 20.7 Å². The van der Waals surface area contributed by atoms with E-state index in [1.54, 1.807) is 59.5 Å². The molecule has 1 aromatic heterocycles. The van der Waals surface area contributed by atoms with Gasteiger partial charge in [0.15, 0.2) is 0 Å². The molecule has 0 unspecified atom stereocenters. The summed E-state index contributed by atoms with van der Waals surface area (Å²) in [4.78, 5) is 27.7. The average Bonchev–Trinajstić information content (AvgIpc) is 3.23. The van der Waals surface area contributed by atoms with Crippen molar-refractivity contribution in [1.82, 2.24) is 20.1 Å². The van der Waals surface area contributed by atoms with Crippen molar-refractivity contribution >= 4 is 46.8 Å². The summed E-state index contributed by atoms with van der Waals surface area (Å²) >= 11 is 11.8. The van der Waals surface area contributed by atoms with Crippen LogP contribution in [0.5, 0.6) is 0 Å². The summed E-state index contributed by atoms with van der Waals surface area (Å²) in [5.41, 5.74) is 2.15. The summed E-state index contributed by atoms with van der Waals surface area (Å²) in [6.45, 7) is -0.157. The Balaban J connectivity index is 1.47. The second kappa shape index (κ2) is 9.16. The van der Waals surface area contributed by atoms with Gasteiger partial charge in [0.25, 0.3) is 0 Å². The Morgan fingerprint density at radius 1 is 1.07 bits per heavy atom. The molecule has 0 bridgehead atoms. The minimum absolute atomic E-state index is 0.157. The van der Waals surface area contributed by atoms with E-state index in [9.17, 15) is 9.59 Å². The highest BCUT2D eigenvalue weighted by molar-refractivity contribution is 6.42. The Morgan fingerprint density at radius 3 is 2.54 bits per heavy atom. The number of rotatable bonds is 6. The van der Waals surface area contributed by atoms with E-state index in [1.165, 1.54) is 12.4 Å². The molecule has 28 heavy (non-hydrogen) atoms. The van der Waals surface area contributed by atoms with Gasteiger partial charge in [-0.25, -0.2) is 9.67 Å². The van der Waals surface area contributed by atoms with Crippen molar-refractivity contribution in [3.8, 4) is 5.69 Å². The number of hydrogen-bond donors (Lipinski definition) is 2. The first kappa shape index (κ1) is 19.6. The second-order valence-electron chi connectivity index (χ2n) is 5.66. The first-order valence-electron chi connectivity index (χ1n) is 8.17. The standard InChI is InChI=1S/C19H15Cl2N5O2/c20-16-7-1-13(9-17(16)21)2-8-18(27)23-10-19(28)25-14-3-5-15(6-4-14)26-12-22-11-24-26/h1-9,11-12H,10H2,(H,23,27)(H,25,28)/b8-2+. The normalized spacial score (nSPS) is 10.8. The van der Waals surface area contributed by atoms with Crippen LogP contribution >= 0.6 is 23.2 Å². The molecule has 0 saturated carbocycles. The molecule has 0 fully saturated rings. The van der Waals surface area contributed by atoms with E-state index in [1.807, 2.05) is 0 Å². The third-order valence-electron chi connectivity index (χ3n) is 3.63. The molecule has 2 N–H and O–H groups in total. The zero-order chi connectivity index (χ0) is 19.9. The predicted octanol–water partition coefficient (Wildman–Crippen LogP) is 3.34. The molecule has 0 spiro atoms. The molecule has 0 radical (unpaired) electrons. The van der Waals surface area contributed by atoms with Crippen molar-refractivity contribution < 1.29 is 9.59 Å². The largest absolute Gasteiger partial charge is 0.343 e. The van der Waals surface area contributed by atoms with Crippen LogP contribution in [0, 0.1) is 0 Å². The molecule has 0 aliphatic carbocycles. The van der Waals surface area contributed by atoms with Crippen molar-refractivity contribution in [2.24, 2.45) is 0 Å². The molecule has 0 aliphatic rings. The van der Waals surface area contributed by atoms with Gasteiger partial charge in [0.2, 0.25) is 11.8 Å². The molecule has 1 heterocycles. The molecule has 7 nitrogen and oxygen atoms in total. The molecule has 3 aromatic rings. The highest BCUT2D eigenvalue weighted by Gasteiger charge is 2.05. The van der Waals surface area contributed by atoms with Gasteiger partial charge in [-0.15, -0.1) is 0 Å². The van der Waals surface area contributed by atoms with Crippen molar-refractivity contribution in [2.45, 2.75) is 0 Å². The fourth-order valence-corrected chi connectivity index (χ4v) is 2.57. The molecule has 0 saturated heterocycles. The van der Waals surface area contributed by atoms with Crippen LogP contribution in [0.25, 0.3) is 11.8 Å². The van der Waals surface area contributed by atoms with Crippen LogP contribution in [0.4, 0.5) is 5.69 Å². The molecular formula is C19H15Cl2N5O2. The van der Waals surface area contributed by atoms with Crippen LogP contribution in [-0.2, 0) is 9.59 Å². The Hall–Kier alpha value is -3.16. The number of nitrogens with zero attached hydrogens (tertiary/aromatic N) is 3. The highest BCUT2D eigenvalue weighted by atomic mass is 35.5. The lowest BCUT2D eigenvalue weighted by molar-refractivity contribution is -0.121. The van der Waals surface area contributed by atoms with Gasteiger partial charge in [-0.05, 0) is 48.0 Å². The Kier molecular flexibility index (Phi) is 6.41. The summed E-state index contributed by atoms with van der Waals surface area (Å²) in [5, 5.41) is 10.1. The summed E-state index contributed by atoms with van der Waals surface area (Å²) in [7, 11) is 0. The third-order valence-corrected chi connectivity index (χ3v) is 4.37. The Bertz CT molecular complexity index is 1000. The van der Waals surface area contributed by atoms with Gasteiger partial charge >= 0.3 is 0 Å². The fraction of sp³-hybridized carbons (Fsp3) is 0.0526. The molecular weight excluding hydrogens is 401 g/mol. The maximum atomic E-state index is 12.0. The van der Waals surface area contributed by atoms with Crippen LogP contribution in [0.15, 0.2) is 61.2 Å². The average molecular weight is 416 g/mol. The lowest BCUT2D eigenvalue weighted by Gasteiger charge is -2.07. The van der Waals surface area contributed by atoms with E-state index in [4.69, 9.17) is 23.2 Å². The fourth-order valence-electron chi connectivity index (χ4n) is 2.26. The van der Waals surface area contributed by atoms with Gasteiger partial charge in [-0.2, -0.15) is 5.10 Å². The summed E-state index contributed by atoms with van der Waals surface area (Å²) in [6.07, 6.45) is 5.92. The SMILES string of the molecule is O=C(/C=C/c1ccc(Cl)c(Cl)c1)NCC(=O)Nc1ccc(-n2cncn2)cc1. The quantitative estimate of drug-likeness (QED) is 0.604. The number of nitrogens with one attached hydrogen (secondary N) is 2. The molecule has 3 rings (SSSR count). The van der Waals surface area contributed by atoms with Crippen LogP contribution in [-0.4, -0.2) is 33.1 Å². The van der Waals surface area contributed by atoms with Crippen molar-refractivity contribution in [1.29, 1.82) is 0 Å². The van der Waals surface area contributed by atoms with Crippen LogP contribution in [0.1, 0.15) is 5.56 Å². The highest BCUT2D eigenvalue weighted by Crippen LogP contribution is 2.23. The Labute approximate surface area is 171 Å². The van der Waals surface area contributed by atoms with Gasteiger partial charge in [0.05, 0.1) is 22.3 Å². The number of hydrogen-bond acceptors (Lipinski definition) is 4. The molecule has 2 aromatic carbocycles. The van der Waals surface area contributed by atoms with Gasteiger partial charge in [-0.1, -0.05) is 29.3 Å². The second-order valence-corrected chi connectivity index (χ2v) is 6.47. The van der Waals surface area contributed by atoms with Gasteiger partial charge < -0.3 is 10.6 Å². The summed E-state index contributed by atoms with van der Waals surface area (Å²) in [5.74, 6) is -0.743. The van der Waals surface area contributed by atoms with Crippen molar-refractivity contribution in [3.63, 3.8) is 0 Å². The number of carbonyl (C=O) groups is 2. The van der Waals surface area contributed by atoms with Crippen LogP contribution in [0.2, 0.25) is 10.0 Å². The van der Waals surface area contributed by atoms with Crippen molar-refractivity contribution in [2.75, 3.05) is 11.9 Å². The first-order valence-corrected chi connectivity index (χ1v) is 8.93. The van der Waals surface area contributed by atoms with E-state index >= 15 is 0 Å². The van der Waals surface area contributed by atoms with E-state index < -0.39 is 5.91 Å². The smallest absolute Gasteiger partial charge is 0.244 e. The van der Waals surface area contributed by atoms with E-state index in [0.29, 0.717) is 15.7 Å². The number of anilines is 1. The minimum atomic E-state index is -0.400. The number of amides is 2. The predicted molar refractivity (Wildman–Crippen MR) is 108 cm³/mol. The topological polar surface area (TPSA) is 88.9 Å². The third kappa shape index (κ3) is 5.42. The number of halogens is 2. The molecule has 9 heteroatoms. The lowest BCUT2D eigenvalue weighted by Crippen LogP contribution is -2.31. The zero-order valence-electron chi connectivity index (χ0n) is 14.5. The summed E-state index contributed by atoms with van der Waals surface area (Å²) < 4.78 is 1.60. The number of benzene rings is 2. The first-order chi connectivity index (χ1) is 13.5. The van der Waals surface area contributed by atoms with Gasteiger partial charge in [-0.3, -0.25) is 9.59 Å².